The second kappa shape index (κ2) is 8.98. The largest absolute Gasteiger partial charge is 0.478 e. The number of hydrogen-bond acceptors (Lipinski definition) is 5. The molecule has 2 atom stereocenters. The van der Waals surface area contributed by atoms with E-state index in [0.29, 0.717) is 12.2 Å². The lowest BCUT2D eigenvalue weighted by Gasteiger charge is -2.40. The number of nitrogens with two attached hydrogens (primary N) is 1. The molecule has 2 aliphatic rings. The predicted octanol–water partition coefficient (Wildman–Crippen LogP) is 3.83. The van der Waals surface area contributed by atoms with Crippen molar-refractivity contribution in [2.45, 2.75) is 24.9 Å². The lowest BCUT2D eigenvalue weighted by Crippen LogP contribution is -2.45. The minimum Gasteiger partial charge on any atom is -0.478 e. The highest BCUT2D eigenvalue weighted by molar-refractivity contribution is 6.31. The highest BCUT2D eigenvalue weighted by atomic mass is 35.5. The maximum absolute atomic E-state index is 9.55. The minimum atomic E-state index is -1.26. The van der Waals surface area contributed by atoms with E-state index < -0.39 is 11.9 Å². The van der Waals surface area contributed by atoms with Gasteiger partial charge < -0.3 is 25.6 Å². The Bertz CT molecular complexity index is 930. The van der Waals surface area contributed by atoms with E-state index in [2.05, 4.69) is 11.0 Å². The van der Waals surface area contributed by atoms with Crippen molar-refractivity contribution in [3.05, 3.63) is 65.2 Å². The van der Waals surface area contributed by atoms with Crippen molar-refractivity contribution >= 4 is 29.2 Å². The van der Waals surface area contributed by atoms with Crippen LogP contribution in [0.5, 0.6) is 11.5 Å². The van der Waals surface area contributed by atoms with Crippen LogP contribution in [0.25, 0.3) is 0 Å². The Kier molecular flexibility index (Phi) is 6.41. The number of halogens is 1. The number of ether oxygens (including phenoxy) is 1. The van der Waals surface area contributed by atoms with Crippen LogP contribution in [0.3, 0.4) is 0 Å². The van der Waals surface area contributed by atoms with Gasteiger partial charge in [0.05, 0.1) is 11.7 Å². The van der Waals surface area contributed by atoms with Crippen LogP contribution < -0.4 is 15.4 Å². The molecular weight excluding hydrogens is 396 g/mol. The van der Waals surface area contributed by atoms with Gasteiger partial charge in [0.2, 0.25) is 0 Å². The quantitative estimate of drug-likeness (QED) is 0.637. The number of hydrogen-bond donors (Lipinski definition) is 3. The molecule has 4 N–H and O–H groups in total. The Labute approximate surface area is 173 Å². The van der Waals surface area contributed by atoms with Crippen molar-refractivity contribution in [2.75, 3.05) is 11.4 Å². The molecule has 2 aromatic carbocycles. The average molecular weight is 417 g/mol. The number of carboxylic acids is 2. The SMILES string of the molecule is N[C@@H]1CCCN2c3cc(Cl)ccc3Oc3ccccc3[C@H]12.O=C(O)/C=C\C(=O)O. The van der Waals surface area contributed by atoms with Crippen molar-refractivity contribution in [1.82, 2.24) is 0 Å². The van der Waals surface area contributed by atoms with Gasteiger partial charge >= 0.3 is 11.9 Å². The van der Waals surface area contributed by atoms with E-state index in [1.807, 2.05) is 36.4 Å². The number of carbonyl (C=O) groups is 2. The summed E-state index contributed by atoms with van der Waals surface area (Å²) >= 11 is 6.20. The number of carboxylic acid groups (broad SMARTS) is 2. The summed E-state index contributed by atoms with van der Waals surface area (Å²) in [5, 5.41) is 16.3. The van der Waals surface area contributed by atoms with Crippen LogP contribution in [0.15, 0.2) is 54.6 Å². The average Bonchev–Trinajstić information content (AvgIpc) is 2.82. The molecule has 2 aromatic rings. The zero-order chi connectivity index (χ0) is 21.0. The van der Waals surface area contributed by atoms with Gasteiger partial charge in [-0.05, 0) is 37.1 Å². The van der Waals surface area contributed by atoms with Gasteiger partial charge in [-0.2, -0.15) is 0 Å². The first kappa shape index (κ1) is 20.7. The van der Waals surface area contributed by atoms with Crippen LogP contribution in [-0.4, -0.2) is 34.7 Å². The molecular formula is C21H21ClN2O5. The molecule has 8 heteroatoms. The lowest BCUT2D eigenvalue weighted by atomic mass is 9.90. The van der Waals surface area contributed by atoms with Gasteiger partial charge in [-0.25, -0.2) is 9.59 Å². The summed E-state index contributed by atoms with van der Waals surface area (Å²) in [6, 6.07) is 14.2. The molecule has 0 saturated carbocycles. The number of piperidine rings is 1. The number of para-hydroxylation sites is 1. The van der Waals surface area contributed by atoms with Gasteiger partial charge in [0, 0.05) is 35.3 Å². The van der Waals surface area contributed by atoms with Crippen molar-refractivity contribution in [3.8, 4) is 11.5 Å². The summed E-state index contributed by atoms with van der Waals surface area (Å²) in [5.41, 5.74) is 8.64. The zero-order valence-electron chi connectivity index (χ0n) is 15.5. The predicted molar refractivity (Wildman–Crippen MR) is 110 cm³/mol. The monoisotopic (exact) mass is 416 g/mol. The molecule has 0 aromatic heterocycles. The highest BCUT2D eigenvalue weighted by Crippen LogP contribution is 2.47. The topological polar surface area (TPSA) is 113 Å². The van der Waals surface area contributed by atoms with Crippen LogP contribution in [0.2, 0.25) is 5.02 Å². The third-order valence-corrected chi connectivity index (χ3v) is 4.97. The minimum absolute atomic E-state index is 0.105. The van der Waals surface area contributed by atoms with E-state index in [1.165, 1.54) is 0 Å². The summed E-state index contributed by atoms with van der Waals surface area (Å²) in [4.78, 5) is 21.5. The summed E-state index contributed by atoms with van der Waals surface area (Å²) in [7, 11) is 0. The Hall–Kier alpha value is -3.03. The van der Waals surface area contributed by atoms with E-state index in [9.17, 15) is 9.59 Å². The van der Waals surface area contributed by atoms with E-state index in [1.54, 1.807) is 0 Å². The fourth-order valence-corrected chi connectivity index (χ4v) is 3.74. The zero-order valence-corrected chi connectivity index (χ0v) is 16.2. The number of aliphatic carboxylic acids is 2. The maximum atomic E-state index is 9.55. The standard InChI is InChI=1S/C17H17ClN2O.C4H4O4/c18-11-7-8-16-14(10-11)20-9-3-5-13(19)17(20)12-4-1-2-6-15(12)21-16;5-3(6)1-2-4(7)8/h1-2,4,6-8,10,13,17H,3,5,9,19H2;1-2H,(H,5,6)(H,7,8)/b;2-1-/t13-,17-;/m1./s1. The molecule has 0 radical (unpaired) electrons. The molecule has 0 spiro atoms. The second-order valence-electron chi connectivity index (χ2n) is 6.71. The van der Waals surface area contributed by atoms with Gasteiger partial charge in [-0.3, -0.25) is 0 Å². The van der Waals surface area contributed by atoms with Gasteiger partial charge in [-0.1, -0.05) is 29.8 Å². The van der Waals surface area contributed by atoms with Crippen molar-refractivity contribution in [3.63, 3.8) is 0 Å². The number of nitrogens with zero attached hydrogens (tertiary/aromatic N) is 1. The Morgan fingerprint density at radius 1 is 1.10 bits per heavy atom. The van der Waals surface area contributed by atoms with E-state index >= 15 is 0 Å². The van der Waals surface area contributed by atoms with Crippen molar-refractivity contribution in [2.24, 2.45) is 5.73 Å². The third-order valence-electron chi connectivity index (χ3n) is 4.73. The number of benzene rings is 2. The molecule has 2 aliphatic heterocycles. The van der Waals surface area contributed by atoms with Crippen LogP contribution >= 0.6 is 11.6 Å². The molecule has 1 saturated heterocycles. The number of rotatable bonds is 2. The summed E-state index contributed by atoms with van der Waals surface area (Å²) in [6.45, 7) is 0.976. The highest BCUT2D eigenvalue weighted by Gasteiger charge is 2.36. The molecule has 1 fully saturated rings. The van der Waals surface area contributed by atoms with Crippen LogP contribution in [0.1, 0.15) is 24.4 Å². The fourth-order valence-electron chi connectivity index (χ4n) is 3.57. The second-order valence-corrected chi connectivity index (χ2v) is 7.14. The smallest absolute Gasteiger partial charge is 0.328 e. The van der Waals surface area contributed by atoms with Gasteiger partial charge in [0.15, 0.2) is 5.75 Å². The van der Waals surface area contributed by atoms with E-state index in [0.717, 1.165) is 47.2 Å². The molecule has 0 aliphatic carbocycles. The lowest BCUT2D eigenvalue weighted by molar-refractivity contribution is -0.134. The maximum Gasteiger partial charge on any atom is 0.328 e. The normalized spacial score (nSPS) is 19.6. The van der Waals surface area contributed by atoms with Gasteiger partial charge in [0.1, 0.15) is 5.75 Å². The molecule has 0 bridgehead atoms. The van der Waals surface area contributed by atoms with Crippen LogP contribution in [0, 0.1) is 0 Å². The number of fused-ring (bicyclic) bond motifs is 5. The van der Waals surface area contributed by atoms with Gasteiger partial charge in [-0.15, -0.1) is 0 Å². The van der Waals surface area contributed by atoms with Crippen molar-refractivity contribution in [1.29, 1.82) is 0 Å². The Balaban J connectivity index is 0.000000258. The molecule has 152 valence electrons. The van der Waals surface area contributed by atoms with Crippen molar-refractivity contribution < 1.29 is 24.5 Å². The molecule has 29 heavy (non-hydrogen) atoms. The molecule has 0 unspecified atom stereocenters. The summed E-state index contributed by atoms with van der Waals surface area (Å²) < 4.78 is 6.14. The van der Waals surface area contributed by atoms with E-state index in [-0.39, 0.29) is 12.1 Å². The molecule has 0 amide bonds. The van der Waals surface area contributed by atoms with Gasteiger partial charge in [0.25, 0.3) is 0 Å². The fraction of sp³-hybridized carbons (Fsp3) is 0.238. The molecule has 2 heterocycles. The Morgan fingerprint density at radius 2 is 1.79 bits per heavy atom. The molecule has 7 nitrogen and oxygen atoms in total. The number of anilines is 1. The first-order valence-electron chi connectivity index (χ1n) is 9.09. The first-order chi connectivity index (χ1) is 13.9. The third kappa shape index (κ3) is 4.88. The summed E-state index contributed by atoms with van der Waals surface area (Å²) in [5.74, 6) is -0.769. The Morgan fingerprint density at radius 3 is 2.48 bits per heavy atom. The first-order valence-corrected chi connectivity index (χ1v) is 9.47. The van der Waals surface area contributed by atoms with Crippen LogP contribution in [-0.2, 0) is 9.59 Å². The van der Waals surface area contributed by atoms with Crippen LogP contribution in [0.4, 0.5) is 5.69 Å². The van der Waals surface area contributed by atoms with E-state index in [4.69, 9.17) is 32.3 Å². The molecule has 4 rings (SSSR count). The summed E-state index contributed by atoms with van der Waals surface area (Å²) in [6.07, 6.45) is 3.24.